The van der Waals surface area contributed by atoms with Gasteiger partial charge in [0, 0.05) is 22.9 Å². The number of nitrogen functional groups attached to an aromatic ring is 1. The second kappa shape index (κ2) is 5.76. The van der Waals surface area contributed by atoms with E-state index in [2.05, 4.69) is 10.3 Å². The van der Waals surface area contributed by atoms with Crippen LogP contribution in [0, 0.1) is 10.1 Å². The molecule has 0 amide bonds. The van der Waals surface area contributed by atoms with Crippen molar-refractivity contribution in [3.05, 3.63) is 76.8 Å². The fraction of sp³-hybridized carbons (Fsp3) is 0. The number of rotatable bonds is 3. The molecule has 0 aliphatic rings. The van der Waals surface area contributed by atoms with Crippen LogP contribution < -0.4 is 11.1 Å². The molecule has 0 atom stereocenters. The Morgan fingerprint density at radius 3 is 2.12 bits per heavy atom. The largest absolute Gasteiger partial charge is 0.397 e. The predicted molar refractivity (Wildman–Crippen MR) is 100 cm³/mol. The molecular formula is C19H14N4O2. The normalized spacial score (nSPS) is 10.9. The van der Waals surface area contributed by atoms with E-state index in [-0.39, 0.29) is 5.69 Å². The van der Waals surface area contributed by atoms with E-state index in [4.69, 9.17) is 5.73 Å². The highest BCUT2D eigenvalue weighted by Crippen LogP contribution is 2.35. The Hall–Kier alpha value is -3.67. The molecule has 0 unspecified atom stereocenters. The summed E-state index contributed by atoms with van der Waals surface area (Å²) in [4.78, 5) is 15.3. The lowest BCUT2D eigenvalue weighted by Gasteiger charge is -2.14. The number of anilines is 3. The number of nitrogens with zero attached hydrogens (tertiary/aromatic N) is 2. The number of fused-ring (bicyclic) bond motifs is 2. The van der Waals surface area contributed by atoms with E-state index < -0.39 is 4.92 Å². The fourth-order valence-electron chi connectivity index (χ4n) is 2.88. The maximum atomic E-state index is 11.1. The predicted octanol–water partition coefficient (Wildman–Crippen LogP) is 4.62. The standard InChI is InChI=1S/C19H14N4O2/c20-15-10-9-12(23(24)25)11-18(15)22-19-13-5-1-3-7-16(13)21-17-8-4-2-6-14(17)19/h1-11H,20H2,(H,21,22). The summed E-state index contributed by atoms with van der Waals surface area (Å²) >= 11 is 0. The smallest absolute Gasteiger partial charge is 0.271 e. The van der Waals surface area contributed by atoms with Crippen LogP contribution in [0.5, 0.6) is 0 Å². The number of hydrogen-bond acceptors (Lipinski definition) is 5. The molecule has 0 spiro atoms. The zero-order chi connectivity index (χ0) is 17.4. The minimum Gasteiger partial charge on any atom is -0.397 e. The first-order chi connectivity index (χ1) is 12.1. The Kier molecular flexibility index (Phi) is 3.43. The van der Waals surface area contributed by atoms with Crippen LogP contribution in [-0.2, 0) is 0 Å². The van der Waals surface area contributed by atoms with E-state index in [9.17, 15) is 10.1 Å². The number of non-ortho nitro benzene ring substituents is 1. The molecule has 0 aliphatic carbocycles. The number of para-hydroxylation sites is 2. The van der Waals surface area contributed by atoms with Gasteiger partial charge in [-0.2, -0.15) is 0 Å². The highest BCUT2D eigenvalue weighted by atomic mass is 16.6. The van der Waals surface area contributed by atoms with Gasteiger partial charge in [0.2, 0.25) is 0 Å². The van der Waals surface area contributed by atoms with Crippen molar-refractivity contribution in [2.24, 2.45) is 0 Å². The zero-order valence-corrected chi connectivity index (χ0v) is 13.1. The maximum absolute atomic E-state index is 11.1. The average Bonchev–Trinajstić information content (AvgIpc) is 2.63. The van der Waals surface area contributed by atoms with E-state index >= 15 is 0 Å². The number of nitrogens with two attached hydrogens (primary N) is 1. The lowest BCUT2D eigenvalue weighted by atomic mass is 10.1. The van der Waals surface area contributed by atoms with Crippen LogP contribution in [0.15, 0.2) is 66.7 Å². The quantitative estimate of drug-likeness (QED) is 0.247. The molecule has 6 nitrogen and oxygen atoms in total. The molecule has 3 aromatic carbocycles. The first-order valence-electron chi connectivity index (χ1n) is 7.72. The van der Waals surface area contributed by atoms with Crippen LogP contribution in [0.2, 0.25) is 0 Å². The number of nitrogens with one attached hydrogen (secondary N) is 1. The van der Waals surface area contributed by atoms with Gasteiger partial charge in [0.1, 0.15) is 0 Å². The van der Waals surface area contributed by atoms with Gasteiger partial charge in [-0.25, -0.2) is 4.98 Å². The van der Waals surface area contributed by atoms with Crippen LogP contribution in [0.25, 0.3) is 21.8 Å². The first-order valence-corrected chi connectivity index (χ1v) is 7.72. The highest BCUT2D eigenvalue weighted by Gasteiger charge is 2.13. The minimum absolute atomic E-state index is 0.0145. The van der Waals surface area contributed by atoms with Crippen LogP contribution in [-0.4, -0.2) is 9.91 Å². The zero-order valence-electron chi connectivity index (χ0n) is 13.1. The molecular weight excluding hydrogens is 316 g/mol. The van der Waals surface area contributed by atoms with Gasteiger partial charge in [0.05, 0.1) is 33.0 Å². The minimum atomic E-state index is -0.437. The van der Waals surface area contributed by atoms with Gasteiger partial charge in [-0.3, -0.25) is 10.1 Å². The van der Waals surface area contributed by atoms with Crippen molar-refractivity contribution < 1.29 is 4.92 Å². The van der Waals surface area contributed by atoms with E-state index in [0.717, 1.165) is 27.5 Å². The highest BCUT2D eigenvalue weighted by molar-refractivity contribution is 6.09. The average molecular weight is 330 g/mol. The summed E-state index contributed by atoms with van der Waals surface area (Å²) in [6.07, 6.45) is 0. The SMILES string of the molecule is Nc1ccc([N+](=O)[O-])cc1Nc1c2ccccc2nc2ccccc12. The van der Waals surface area contributed by atoms with E-state index in [1.807, 2.05) is 48.5 Å². The summed E-state index contributed by atoms with van der Waals surface area (Å²) in [7, 11) is 0. The number of nitro groups is 1. The third-order valence-electron chi connectivity index (χ3n) is 4.10. The molecule has 0 radical (unpaired) electrons. The van der Waals surface area contributed by atoms with Gasteiger partial charge in [-0.1, -0.05) is 36.4 Å². The Morgan fingerprint density at radius 1 is 0.920 bits per heavy atom. The Labute approximate surface area is 143 Å². The topological polar surface area (TPSA) is 94.1 Å². The molecule has 1 aromatic heterocycles. The molecule has 25 heavy (non-hydrogen) atoms. The van der Waals surface area contributed by atoms with E-state index in [1.165, 1.54) is 18.2 Å². The van der Waals surface area contributed by atoms with Crippen LogP contribution in [0.4, 0.5) is 22.7 Å². The van der Waals surface area contributed by atoms with Crippen molar-refractivity contribution in [3.8, 4) is 0 Å². The molecule has 0 saturated carbocycles. The van der Waals surface area contributed by atoms with Crippen molar-refractivity contribution >= 4 is 44.6 Å². The van der Waals surface area contributed by atoms with Gasteiger partial charge in [0.25, 0.3) is 5.69 Å². The maximum Gasteiger partial charge on any atom is 0.271 e. The number of pyridine rings is 1. The number of aromatic nitrogens is 1. The Morgan fingerprint density at radius 2 is 1.52 bits per heavy atom. The summed E-state index contributed by atoms with van der Waals surface area (Å²) in [5, 5.41) is 16.2. The third kappa shape index (κ3) is 2.59. The summed E-state index contributed by atoms with van der Waals surface area (Å²) in [5.74, 6) is 0. The number of hydrogen-bond donors (Lipinski definition) is 2. The lowest BCUT2D eigenvalue weighted by Crippen LogP contribution is -2.00. The molecule has 0 aliphatic heterocycles. The summed E-state index contributed by atoms with van der Waals surface area (Å²) in [6.45, 7) is 0. The van der Waals surface area contributed by atoms with Crippen LogP contribution in [0.3, 0.4) is 0 Å². The molecule has 0 fully saturated rings. The summed E-state index contributed by atoms with van der Waals surface area (Å²) in [5.41, 5.74) is 9.45. The van der Waals surface area contributed by atoms with Gasteiger partial charge in [-0.15, -0.1) is 0 Å². The third-order valence-corrected chi connectivity index (χ3v) is 4.10. The molecule has 6 heteroatoms. The van der Waals surface area contributed by atoms with Crippen LogP contribution in [0.1, 0.15) is 0 Å². The van der Waals surface area contributed by atoms with Crippen molar-refractivity contribution in [1.29, 1.82) is 0 Å². The molecule has 4 aromatic rings. The second-order valence-electron chi connectivity index (χ2n) is 5.67. The van der Waals surface area contributed by atoms with Gasteiger partial charge in [0.15, 0.2) is 0 Å². The van der Waals surface area contributed by atoms with Gasteiger partial charge in [-0.05, 0) is 18.2 Å². The molecule has 0 bridgehead atoms. The van der Waals surface area contributed by atoms with E-state index in [0.29, 0.717) is 11.4 Å². The monoisotopic (exact) mass is 330 g/mol. The van der Waals surface area contributed by atoms with Crippen molar-refractivity contribution in [3.63, 3.8) is 0 Å². The Bertz CT molecular complexity index is 1070. The first kappa shape index (κ1) is 14.9. The van der Waals surface area contributed by atoms with Crippen molar-refractivity contribution in [2.45, 2.75) is 0 Å². The van der Waals surface area contributed by atoms with Crippen molar-refractivity contribution in [2.75, 3.05) is 11.1 Å². The molecule has 4 rings (SSSR count). The summed E-state index contributed by atoms with van der Waals surface area (Å²) < 4.78 is 0. The fourth-order valence-corrected chi connectivity index (χ4v) is 2.88. The number of benzene rings is 3. The van der Waals surface area contributed by atoms with Crippen molar-refractivity contribution in [1.82, 2.24) is 4.98 Å². The van der Waals surface area contributed by atoms with Gasteiger partial charge >= 0.3 is 0 Å². The molecule has 3 N–H and O–H groups in total. The van der Waals surface area contributed by atoms with Crippen LogP contribution >= 0.6 is 0 Å². The molecule has 122 valence electrons. The summed E-state index contributed by atoms with van der Waals surface area (Å²) in [6, 6.07) is 19.9. The Balaban J connectivity index is 1.97. The van der Waals surface area contributed by atoms with E-state index in [1.54, 1.807) is 0 Å². The molecule has 0 saturated heterocycles. The molecule has 1 heterocycles. The second-order valence-corrected chi connectivity index (χ2v) is 5.67. The lowest BCUT2D eigenvalue weighted by molar-refractivity contribution is -0.384. The number of nitro benzene ring substituents is 1. The van der Waals surface area contributed by atoms with Gasteiger partial charge < -0.3 is 11.1 Å².